The Kier molecular flexibility index (Phi) is 3.17. The van der Waals surface area contributed by atoms with Crippen molar-refractivity contribution in [1.29, 1.82) is 0 Å². The maximum absolute atomic E-state index is 11.1. The van der Waals surface area contributed by atoms with E-state index in [0.29, 0.717) is 15.9 Å². The lowest BCUT2D eigenvalue weighted by Crippen LogP contribution is -2.08. The van der Waals surface area contributed by atoms with Gasteiger partial charge in [0.25, 0.3) is 0 Å². The van der Waals surface area contributed by atoms with Crippen molar-refractivity contribution >= 4 is 33.5 Å². The molecule has 0 bridgehead atoms. The lowest BCUT2D eigenvalue weighted by Gasteiger charge is -2.07. The Balaban J connectivity index is 2.68. The average Bonchev–Trinajstić information content (AvgIpc) is 2.64. The van der Waals surface area contributed by atoms with Crippen molar-refractivity contribution in [1.82, 2.24) is 14.8 Å². The number of hydrogen-bond acceptors (Lipinski definition) is 3. The predicted octanol–water partition coefficient (Wildman–Crippen LogP) is 2.69. The first-order valence-electron chi connectivity index (χ1n) is 4.61. The largest absolute Gasteiger partial charge is 0.477 e. The molecule has 7 heteroatoms. The summed E-state index contributed by atoms with van der Waals surface area (Å²) >= 11 is 9.12. The predicted molar refractivity (Wildman–Crippen MR) is 65.8 cm³/mol. The van der Waals surface area contributed by atoms with Crippen LogP contribution in [0, 0.1) is 6.92 Å². The molecule has 0 amide bonds. The summed E-state index contributed by atoms with van der Waals surface area (Å²) in [6.07, 6.45) is 1.49. The molecule has 0 unspecified atom stereocenters. The Morgan fingerprint density at radius 1 is 1.59 bits per heavy atom. The number of hydrogen-bond donors (Lipinski definition) is 1. The molecule has 5 nitrogen and oxygen atoms in total. The lowest BCUT2D eigenvalue weighted by molar-refractivity contribution is 0.0687. The molecule has 2 rings (SSSR count). The van der Waals surface area contributed by atoms with Crippen molar-refractivity contribution in [3.8, 4) is 5.69 Å². The Bertz CT molecular complexity index is 597. The number of halogens is 2. The van der Waals surface area contributed by atoms with E-state index in [2.05, 4.69) is 26.0 Å². The number of nitrogens with zero attached hydrogens (tertiary/aromatic N) is 3. The molecule has 2 heterocycles. The van der Waals surface area contributed by atoms with Crippen LogP contribution in [-0.2, 0) is 0 Å². The van der Waals surface area contributed by atoms with Gasteiger partial charge in [0, 0.05) is 6.20 Å². The standard InChI is InChI=1S/C10H7BrClN3O2/c1-5-4-7(10(16)17)15(14-5)6-2-3-13-9(12)8(6)11/h2-4H,1H3,(H,16,17). The van der Waals surface area contributed by atoms with Crippen LogP contribution in [0.5, 0.6) is 0 Å². The van der Waals surface area contributed by atoms with E-state index in [1.165, 1.54) is 16.9 Å². The first-order chi connectivity index (χ1) is 8.00. The number of carboxylic acids is 1. The maximum atomic E-state index is 11.1. The number of carboxylic acid groups (broad SMARTS) is 1. The van der Waals surface area contributed by atoms with Crippen molar-refractivity contribution in [2.75, 3.05) is 0 Å². The minimum atomic E-state index is -1.05. The number of carbonyl (C=O) groups is 1. The van der Waals surface area contributed by atoms with Gasteiger partial charge >= 0.3 is 5.97 Å². The van der Waals surface area contributed by atoms with Gasteiger partial charge in [0.15, 0.2) is 5.69 Å². The van der Waals surface area contributed by atoms with Crippen LogP contribution in [-0.4, -0.2) is 25.8 Å². The molecule has 0 aliphatic rings. The van der Waals surface area contributed by atoms with Gasteiger partial charge in [0.05, 0.1) is 15.9 Å². The summed E-state index contributed by atoms with van der Waals surface area (Å²) < 4.78 is 1.82. The topological polar surface area (TPSA) is 68.0 Å². The molecule has 0 atom stereocenters. The van der Waals surface area contributed by atoms with E-state index in [1.54, 1.807) is 13.0 Å². The second kappa shape index (κ2) is 4.46. The average molecular weight is 317 g/mol. The van der Waals surface area contributed by atoms with Gasteiger partial charge in [0.2, 0.25) is 0 Å². The van der Waals surface area contributed by atoms with Gasteiger partial charge in [-0.15, -0.1) is 0 Å². The van der Waals surface area contributed by atoms with E-state index in [4.69, 9.17) is 16.7 Å². The highest BCUT2D eigenvalue weighted by Crippen LogP contribution is 2.27. The summed E-state index contributed by atoms with van der Waals surface area (Å²) in [5.74, 6) is -1.05. The first kappa shape index (κ1) is 12.1. The maximum Gasteiger partial charge on any atom is 0.354 e. The van der Waals surface area contributed by atoms with Crippen molar-refractivity contribution in [3.63, 3.8) is 0 Å². The smallest absolute Gasteiger partial charge is 0.354 e. The molecule has 0 aliphatic heterocycles. The molecular weight excluding hydrogens is 309 g/mol. The zero-order valence-electron chi connectivity index (χ0n) is 8.69. The normalized spacial score (nSPS) is 10.5. The van der Waals surface area contributed by atoms with E-state index < -0.39 is 5.97 Å². The Hall–Kier alpha value is -1.40. The minimum absolute atomic E-state index is 0.0745. The Labute approximate surface area is 110 Å². The fourth-order valence-corrected chi connectivity index (χ4v) is 1.96. The zero-order valence-corrected chi connectivity index (χ0v) is 11.0. The van der Waals surface area contributed by atoms with Gasteiger partial charge in [-0.25, -0.2) is 14.5 Å². The molecule has 88 valence electrons. The molecular formula is C10H7BrClN3O2. The first-order valence-corrected chi connectivity index (χ1v) is 5.78. The van der Waals surface area contributed by atoms with Gasteiger partial charge in [-0.1, -0.05) is 11.6 Å². The molecule has 17 heavy (non-hydrogen) atoms. The quantitative estimate of drug-likeness (QED) is 0.865. The molecule has 0 aliphatic carbocycles. The van der Waals surface area contributed by atoms with Crippen molar-refractivity contribution in [2.45, 2.75) is 6.92 Å². The molecule has 0 aromatic carbocycles. The van der Waals surface area contributed by atoms with Gasteiger partial charge in [-0.05, 0) is 35.0 Å². The second-order valence-corrected chi connectivity index (χ2v) is 4.47. The molecule has 2 aromatic rings. The third-order valence-corrected chi connectivity index (χ3v) is 3.40. The SMILES string of the molecule is Cc1cc(C(=O)O)n(-c2ccnc(Cl)c2Br)n1. The van der Waals surface area contributed by atoms with Crippen LogP contribution in [0.2, 0.25) is 5.15 Å². The molecule has 0 saturated carbocycles. The van der Waals surface area contributed by atoms with E-state index in [0.717, 1.165) is 0 Å². The summed E-state index contributed by atoms with van der Waals surface area (Å²) in [7, 11) is 0. The van der Waals surface area contributed by atoms with Crippen LogP contribution in [0.15, 0.2) is 22.8 Å². The Morgan fingerprint density at radius 3 is 2.94 bits per heavy atom. The summed E-state index contributed by atoms with van der Waals surface area (Å²) in [5, 5.41) is 13.5. The van der Waals surface area contributed by atoms with Crippen molar-refractivity contribution in [2.24, 2.45) is 0 Å². The van der Waals surface area contributed by atoms with Crippen LogP contribution < -0.4 is 0 Å². The second-order valence-electron chi connectivity index (χ2n) is 3.32. The highest BCUT2D eigenvalue weighted by molar-refractivity contribution is 9.10. The highest BCUT2D eigenvalue weighted by atomic mass is 79.9. The van der Waals surface area contributed by atoms with Gasteiger partial charge in [-0.2, -0.15) is 5.10 Å². The molecule has 0 saturated heterocycles. The van der Waals surface area contributed by atoms with Crippen LogP contribution in [0.3, 0.4) is 0 Å². The van der Waals surface area contributed by atoms with E-state index in [-0.39, 0.29) is 10.8 Å². The fourth-order valence-electron chi connectivity index (χ4n) is 1.41. The lowest BCUT2D eigenvalue weighted by atomic mass is 10.3. The monoisotopic (exact) mass is 315 g/mol. The van der Waals surface area contributed by atoms with Gasteiger partial charge in [-0.3, -0.25) is 0 Å². The van der Waals surface area contributed by atoms with E-state index in [1.807, 2.05) is 0 Å². The van der Waals surface area contributed by atoms with Gasteiger partial charge in [0.1, 0.15) is 5.15 Å². The van der Waals surface area contributed by atoms with Crippen LogP contribution in [0.4, 0.5) is 0 Å². The van der Waals surface area contributed by atoms with Crippen LogP contribution in [0.25, 0.3) is 5.69 Å². The zero-order chi connectivity index (χ0) is 12.6. The van der Waals surface area contributed by atoms with Crippen LogP contribution >= 0.6 is 27.5 Å². The number of aryl methyl sites for hydroxylation is 1. The number of aromatic nitrogens is 3. The number of aromatic carboxylic acids is 1. The Morgan fingerprint density at radius 2 is 2.29 bits per heavy atom. The highest BCUT2D eigenvalue weighted by Gasteiger charge is 2.17. The molecule has 2 aromatic heterocycles. The van der Waals surface area contributed by atoms with E-state index >= 15 is 0 Å². The third kappa shape index (κ3) is 2.18. The fraction of sp³-hybridized carbons (Fsp3) is 0.100. The summed E-state index contributed by atoms with van der Waals surface area (Å²) in [6, 6.07) is 3.12. The van der Waals surface area contributed by atoms with Crippen molar-refractivity contribution < 1.29 is 9.90 Å². The van der Waals surface area contributed by atoms with E-state index in [9.17, 15) is 4.79 Å². The molecule has 0 spiro atoms. The summed E-state index contributed by atoms with van der Waals surface area (Å²) in [6.45, 7) is 1.72. The number of pyridine rings is 1. The van der Waals surface area contributed by atoms with Crippen molar-refractivity contribution in [3.05, 3.63) is 39.3 Å². The molecule has 0 radical (unpaired) electrons. The summed E-state index contributed by atoms with van der Waals surface area (Å²) in [4.78, 5) is 15.0. The van der Waals surface area contributed by atoms with Gasteiger partial charge < -0.3 is 5.11 Å². The molecule has 0 fully saturated rings. The number of rotatable bonds is 2. The minimum Gasteiger partial charge on any atom is -0.477 e. The van der Waals surface area contributed by atoms with Crippen LogP contribution in [0.1, 0.15) is 16.2 Å². The molecule has 1 N–H and O–H groups in total. The third-order valence-electron chi connectivity index (χ3n) is 2.11. The summed E-state index contributed by atoms with van der Waals surface area (Å²) in [5.41, 5.74) is 1.23.